The van der Waals surface area contributed by atoms with Crippen LogP contribution in [-0.2, 0) is 14.3 Å². The third-order valence-electron chi connectivity index (χ3n) is 2.61. The van der Waals surface area contributed by atoms with Crippen LogP contribution >= 0.6 is 0 Å². The molecule has 1 amide bonds. The van der Waals surface area contributed by atoms with E-state index < -0.39 is 5.97 Å². The lowest BCUT2D eigenvalue weighted by Gasteiger charge is -2.18. The minimum Gasteiger partial charge on any atom is -0.481 e. The Balaban J connectivity index is 3.72. The smallest absolute Gasteiger partial charge is 0.305 e. The first-order valence-corrected chi connectivity index (χ1v) is 6.40. The number of carbonyl (C=O) groups is 2. The third kappa shape index (κ3) is 8.98. The van der Waals surface area contributed by atoms with Crippen LogP contribution in [0.5, 0.6) is 0 Å². The number of hydrogen-bond donors (Lipinski definition) is 1. The first-order valence-electron chi connectivity index (χ1n) is 6.40. The molecule has 0 saturated carbocycles. The fourth-order valence-electron chi connectivity index (χ4n) is 1.66. The second-order valence-corrected chi connectivity index (χ2v) is 5.02. The molecule has 1 N–H and O–H groups in total. The average molecular weight is 259 g/mol. The minimum absolute atomic E-state index is 0.0210. The van der Waals surface area contributed by atoms with Crippen molar-refractivity contribution in [2.24, 2.45) is 5.92 Å². The van der Waals surface area contributed by atoms with Gasteiger partial charge in [-0.2, -0.15) is 0 Å². The van der Waals surface area contributed by atoms with E-state index in [0.717, 1.165) is 6.42 Å². The Morgan fingerprint density at radius 3 is 2.33 bits per heavy atom. The maximum Gasteiger partial charge on any atom is 0.305 e. The fourth-order valence-corrected chi connectivity index (χ4v) is 1.66. The van der Waals surface area contributed by atoms with Gasteiger partial charge in [0, 0.05) is 13.6 Å². The number of amides is 1. The Hall–Kier alpha value is -1.10. The minimum atomic E-state index is -0.892. The highest BCUT2D eigenvalue weighted by Crippen LogP contribution is 2.07. The fraction of sp³-hybridized carbons (Fsp3) is 0.846. The first-order chi connectivity index (χ1) is 8.32. The van der Waals surface area contributed by atoms with Crippen molar-refractivity contribution < 1.29 is 19.4 Å². The second kappa shape index (κ2) is 8.91. The zero-order valence-electron chi connectivity index (χ0n) is 11.8. The molecule has 0 spiro atoms. The summed E-state index contributed by atoms with van der Waals surface area (Å²) >= 11 is 0. The van der Waals surface area contributed by atoms with Gasteiger partial charge >= 0.3 is 5.97 Å². The molecule has 0 rings (SSSR count). The van der Waals surface area contributed by atoms with E-state index in [2.05, 4.69) is 13.8 Å². The normalized spacial score (nSPS) is 12.5. The average Bonchev–Trinajstić information content (AvgIpc) is 2.24. The zero-order chi connectivity index (χ0) is 14.1. The lowest BCUT2D eigenvalue weighted by molar-refractivity contribution is -0.138. The quantitative estimate of drug-likeness (QED) is 0.685. The molecule has 0 aromatic carbocycles. The van der Waals surface area contributed by atoms with Crippen LogP contribution in [-0.4, -0.2) is 48.2 Å². The van der Waals surface area contributed by atoms with Gasteiger partial charge in [-0.05, 0) is 19.3 Å². The van der Waals surface area contributed by atoms with Crippen molar-refractivity contribution >= 4 is 11.9 Å². The molecule has 0 fully saturated rings. The van der Waals surface area contributed by atoms with Gasteiger partial charge in [0.25, 0.3) is 0 Å². The highest BCUT2D eigenvalue weighted by atomic mass is 16.5. The summed E-state index contributed by atoms with van der Waals surface area (Å²) in [6, 6.07) is 0. The number of hydrogen-bond acceptors (Lipinski definition) is 3. The molecular weight excluding hydrogens is 234 g/mol. The predicted octanol–water partition coefficient (Wildman–Crippen LogP) is 1.76. The predicted molar refractivity (Wildman–Crippen MR) is 69.4 cm³/mol. The summed E-state index contributed by atoms with van der Waals surface area (Å²) in [5.41, 5.74) is 0. The highest BCUT2D eigenvalue weighted by Gasteiger charge is 2.11. The van der Waals surface area contributed by atoms with Crippen LogP contribution in [0.25, 0.3) is 0 Å². The van der Waals surface area contributed by atoms with Crippen molar-refractivity contribution in [2.75, 3.05) is 20.2 Å². The molecular formula is C13H25NO4. The molecule has 1 atom stereocenters. The van der Waals surface area contributed by atoms with Gasteiger partial charge in [-0.15, -0.1) is 0 Å². The van der Waals surface area contributed by atoms with Gasteiger partial charge in [0.1, 0.15) is 0 Å². The van der Waals surface area contributed by atoms with E-state index in [4.69, 9.17) is 9.84 Å². The van der Waals surface area contributed by atoms with Gasteiger partial charge in [0.05, 0.1) is 25.6 Å². The number of ether oxygens (including phenoxy) is 1. The number of carboxylic acids is 1. The lowest BCUT2D eigenvalue weighted by atomic mass is 10.1. The van der Waals surface area contributed by atoms with Crippen LogP contribution in [0.1, 0.15) is 40.0 Å². The Morgan fingerprint density at radius 2 is 1.83 bits per heavy atom. The van der Waals surface area contributed by atoms with Gasteiger partial charge in [-0.1, -0.05) is 13.8 Å². The van der Waals surface area contributed by atoms with Gasteiger partial charge in [0.2, 0.25) is 5.91 Å². The van der Waals surface area contributed by atoms with Crippen LogP contribution in [0, 0.1) is 5.92 Å². The molecule has 0 aromatic heterocycles. The summed E-state index contributed by atoms with van der Waals surface area (Å²) in [7, 11) is 1.61. The SMILES string of the molecule is CC(C)CC(C)OCCC(=O)N(C)CCC(=O)O. The molecule has 0 bridgehead atoms. The summed E-state index contributed by atoms with van der Waals surface area (Å²) in [6.45, 7) is 6.90. The molecule has 0 aliphatic rings. The van der Waals surface area contributed by atoms with Gasteiger partial charge in [0.15, 0.2) is 0 Å². The summed E-state index contributed by atoms with van der Waals surface area (Å²) in [6.07, 6.45) is 1.41. The molecule has 18 heavy (non-hydrogen) atoms. The number of aliphatic carboxylic acids is 1. The molecule has 106 valence electrons. The number of carboxylic acid groups (broad SMARTS) is 1. The lowest BCUT2D eigenvalue weighted by Crippen LogP contribution is -2.30. The molecule has 5 heteroatoms. The largest absolute Gasteiger partial charge is 0.481 e. The van der Waals surface area contributed by atoms with Crippen molar-refractivity contribution in [2.45, 2.75) is 46.1 Å². The molecule has 0 heterocycles. The Labute approximate surface area is 109 Å². The molecule has 5 nitrogen and oxygen atoms in total. The maximum absolute atomic E-state index is 11.6. The van der Waals surface area contributed by atoms with Gasteiger partial charge < -0.3 is 14.7 Å². The maximum atomic E-state index is 11.6. The number of rotatable bonds is 9. The Kier molecular flexibility index (Phi) is 8.37. The first kappa shape index (κ1) is 16.9. The zero-order valence-corrected chi connectivity index (χ0v) is 11.8. The molecule has 0 saturated heterocycles. The van der Waals surface area contributed by atoms with E-state index in [-0.39, 0.29) is 25.0 Å². The van der Waals surface area contributed by atoms with Crippen LogP contribution in [0.3, 0.4) is 0 Å². The molecule has 1 unspecified atom stereocenters. The number of carbonyl (C=O) groups excluding carboxylic acids is 1. The second-order valence-electron chi connectivity index (χ2n) is 5.02. The molecule has 0 aliphatic heterocycles. The van der Waals surface area contributed by atoms with E-state index in [1.54, 1.807) is 7.05 Å². The van der Waals surface area contributed by atoms with E-state index in [0.29, 0.717) is 18.9 Å². The summed E-state index contributed by atoms with van der Waals surface area (Å²) < 4.78 is 5.54. The van der Waals surface area contributed by atoms with Crippen molar-refractivity contribution in [3.8, 4) is 0 Å². The summed E-state index contributed by atoms with van der Waals surface area (Å²) in [5, 5.41) is 8.51. The Bertz CT molecular complexity index is 266. The van der Waals surface area contributed by atoms with Crippen molar-refractivity contribution in [3.63, 3.8) is 0 Å². The van der Waals surface area contributed by atoms with Gasteiger partial charge in [-0.3, -0.25) is 9.59 Å². The molecule has 0 aromatic rings. The van der Waals surface area contributed by atoms with Crippen molar-refractivity contribution in [1.82, 2.24) is 4.90 Å². The van der Waals surface area contributed by atoms with E-state index in [1.165, 1.54) is 4.90 Å². The Morgan fingerprint density at radius 1 is 1.22 bits per heavy atom. The monoisotopic (exact) mass is 259 g/mol. The summed E-state index contributed by atoms with van der Waals surface area (Å²) in [5.74, 6) is -0.390. The highest BCUT2D eigenvalue weighted by molar-refractivity contribution is 5.76. The standard InChI is InChI=1S/C13H25NO4/c1-10(2)9-11(3)18-8-6-12(15)14(4)7-5-13(16)17/h10-11H,5-9H2,1-4H3,(H,16,17). The van der Waals surface area contributed by atoms with E-state index in [1.807, 2.05) is 6.92 Å². The van der Waals surface area contributed by atoms with Crippen LogP contribution < -0.4 is 0 Å². The van der Waals surface area contributed by atoms with E-state index >= 15 is 0 Å². The van der Waals surface area contributed by atoms with Crippen LogP contribution in [0.4, 0.5) is 0 Å². The molecule has 0 radical (unpaired) electrons. The van der Waals surface area contributed by atoms with E-state index in [9.17, 15) is 9.59 Å². The topological polar surface area (TPSA) is 66.8 Å². The number of nitrogens with zero attached hydrogens (tertiary/aromatic N) is 1. The van der Waals surface area contributed by atoms with Crippen molar-refractivity contribution in [3.05, 3.63) is 0 Å². The van der Waals surface area contributed by atoms with Gasteiger partial charge in [-0.25, -0.2) is 0 Å². The van der Waals surface area contributed by atoms with Crippen LogP contribution in [0.2, 0.25) is 0 Å². The summed E-state index contributed by atoms with van der Waals surface area (Å²) in [4.78, 5) is 23.4. The molecule has 0 aliphatic carbocycles. The van der Waals surface area contributed by atoms with Crippen molar-refractivity contribution in [1.29, 1.82) is 0 Å². The van der Waals surface area contributed by atoms with Crippen LogP contribution in [0.15, 0.2) is 0 Å². The third-order valence-corrected chi connectivity index (χ3v) is 2.61.